The SMILES string of the molecule is COC(=O)C1=C(CSc2nnc(-c3ccccc3)s2)Nc2nnnn2C1c1ccc(Br)cc1. The number of halogens is 1. The van der Waals surface area contributed by atoms with E-state index in [2.05, 4.69) is 47.0 Å². The molecule has 0 saturated carbocycles. The number of ether oxygens (including phenoxy) is 1. The minimum atomic E-state index is -0.526. The zero-order valence-electron chi connectivity index (χ0n) is 17.2. The van der Waals surface area contributed by atoms with Crippen LogP contribution in [0.5, 0.6) is 0 Å². The number of thioether (sulfide) groups is 1. The molecule has 0 amide bonds. The lowest BCUT2D eigenvalue weighted by molar-refractivity contribution is -0.136. The zero-order chi connectivity index (χ0) is 22.8. The number of fused-ring (bicyclic) bond motifs is 1. The third-order valence-corrected chi connectivity index (χ3v) is 7.62. The topological polar surface area (TPSA) is 108 Å². The molecule has 3 heterocycles. The number of nitrogens with one attached hydrogen (secondary N) is 1. The number of benzene rings is 2. The summed E-state index contributed by atoms with van der Waals surface area (Å²) in [7, 11) is 1.37. The highest BCUT2D eigenvalue weighted by Gasteiger charge is 2.36. The van der Waals surface area contributed by atoms with Crippen LogP contribution in [-0.2, 0) is 9.53 Å². The van der Waals surface area contributed by atoms with Crippen molar-refractivity contribution in [1.29, 1.82) is 0 Å². The maximum atomic E-state index is 12.9. The molecule has 5 rings (SSSR count). The van der Waals surface area contributed by atoms with E-state index in [1.165, 1.54) is 30.2 Å². The van der Waals surface area contributed by atoms with Gasteiger partial charge in [-0.3, -0.25) is 0 Å². The molecule has 1 aliphatic heterocycles. The fourth-order valence-electron chi connectivity index (χ4n) is 3.45. The van der Waals surface area contributed by atoms with Gasteiger partial charge in [0.15, 0.2) is 4.34 Å². The van der Waals surface area contributed by atoms with E-state index in [0.717, 1.165) is 24.9 Å². The van der Waals surface area contributed by atoms with E-state index < -0.39 is 12.0 Å². The smallest absolute Gasteiger partial charge is 0.338 e. The number of anilines is 1. The number of rotatable bonds is 6. The molecule has 1 N–H and O–H groups in total. The van der Waals surface area contributed by atoms with Crippen molar-refractivity contribution in [3.63, 3.8) is 0 Å². The fraction of sp³-hybridized carbons (Fsp3) is 0.143. The summed E-state index contributed by atoms with van der Waals surface area (Å²) in [6, 6.07) is 17.0. The van der Waals surface area contributed by atoms with Crippen molar-refractivity contribution in [2.45, 2.75) is 10.4 Å². The van der Waals surface area contributed by atoms with Crippen molar-refractivity contribution in [2.24, 2.45) is 0 Å². The third kappa shape index (κ3) is 4.41. The van der Waals surface area contributed by atoms with Gasteiger partial charge in [-0.05, 0) is 28.1 Å². The number of carbonyl (C=O) groups is 1. The van der Waals surface area contributed by atoms with Crippen molar-refractivity contribution in [3.8, 4) is 10.6 Å². The highest BCUT2D eigenvalue weighted by Crippen LogP contribution is 2.38. The van der Waals surface area contributed by atoms with Crippen molar-refractivity contribution in [3.05, 3.63) is 75.9 Å². The summed E-state index contributed by atoms with van der Waals surface area (Å²) in [5.74, 6) is 0.441. The Hall–Kier alpha value is -3.09. The summed E-state index contributed by atoms with van der Waals surface area (Å²) in [4.78, 5) is 12.9. The minimum absolute atomic E-state index is 0.438. The lowest BCUT2D eigenvalue weighted by atomic mass is 9.96. The Kier molecular flexibility index (Phi) is 6.20. The van der Waals surface area contributed by atoms with Crippen molar-refractivity contribution >= 4 is 50.9 Å². The van der Waals surface area contributed by atoms with Gasteiger partial charge in [-0.15, -0.1) is 10.2 Å². The zero-order valence-corrected chi connectivity index (χ0v) is 20.4. The van der Waals surface area contributed by atoms with Gasteiger partial charge in [0.25, 0.3) is 0 Å². The normalized spacial score (nSPS) is 15.2. The van der Waals surface area contributed by atoms with Gasteiger partial charge in [0.2, 0.25) is 5.95 Å². The summed E-state index contributed by atoms with van der Waals surface area (Å²) in [5.41, 5.74) is 2.98. The van der Waals surface area contributed by atoms with Crippen molar-refractivity contribution in [2.75, 3.05) is 18.2 Å². The molecule has 12 heteroatoms. The molecule has 33 heavy (non-hydrogen) atoms. The van der Waals surface area contributed by atoms with Crippen LogP contribution < -0.4 is 5.32 Å². The largest absolute Gasteiger partial charge is 0.466 e. The Morgan fingerprint density at radius 3 is 2.70 bits per heavy atom. The Labute approximate surface area is 205 Å². The summed E-state index contributed by atoms with van der Waals surface area (Å²) < 4.78 is 8.45. The van der Waals surface area contributed by atoms with Gasteiger partial charge >= 0.3 is 5.97 Å². The number of tetrazole rings is 1. The number of hydrogen-bond donors (Lipinski definition) is 1. The first-order valence-corrected chi connectivity index (χ1v) is 12.4. The predicted molar refractivity (Wildman–Crippen MR) is 129 cm³/mol. The molecule has 1 aliphatic rings. The molecule has 4 aromatic rings. The van der Waals surface area contributed by atoms with E-state index in [1.807, 2.05) is 54.6 Å². The van der Waals surface area contributed by atoms with Gasteiger partial charge in [-0.25, -0.2) is 4.79 Å². The Balaban J connectivity index is 1.48. The maximum absolute atomic E-state index is 12.9. The molecule has 0 radical (unpaired) electrons. The van der Waals surface area contributed by atoms with E-state index in [-0.39, 0.29) is 0 Å². The molecule has 1 atom stereocenters. The molecule has 0 fully saturated rings. The van der Waals surface area contributed by atoms with E-state index in [4.69, 9.17) is 4.74 Å². The number of hydrogen-bond acceptors (Lipinski definition) is 10. The quantitative estimate of drug-likeness (QED) is 0.284. The molecule has 0 bridgehead atoms. The van der Waals surface area contributed by atoms with Crippen LogP contribution in [0.25, 0.3) is 10.6 Å². The van der Waals surface area contributed by atoms with Gasteiger partial charge < -0.3 is 10.1 Å². The van der Waals surface area contributed by atoms with Crippen LogP contribution in [-0.4, -0.2) is 49.2 Å². The molecular weight excluding hydrogens is 526 g/mol. The minimum Gasteiger partial charge on any atom is -0.466 e. The number of esters is 1. The lowest BCUT2D eigenvalue weighted by Gasteiger charge is -2.28. The van der Waals surface area contributed by atoms with Gasteiger partial charge in [-0.2, -0.15) is 4.68 Å². The van der Waals surface area contributed by atoms with E-state index in [1.54, 1.807) is 4.68 Å². The van der Waals surface area contributed by atoms with Crippen LogP contribution in [0.4, 0.5) is 5.95 Å². The lowest BCUT2D eigenvalue weighted by Crippen LogP contribution is -2.30. The molecule has 0 saturated heterocycles. The van der Waals surface area contributed by atoms with Crippen LogP contribution in [0, 0.1) is 0 Å². The summed E-state index contributed by atoms with van der Waals surface area (Å²) in [6.07, 6.45) is 0. The second-order valence-corrected chi connectivity index (χ2v) is 10.1. The van der Waals surface area contributed by atoms with Crippen molar-refractivity contribution < 1.29 is 9.53 Å². The maximum Gasteiger partial charge on any atom is 0.338 e. The number of aromatic nitrogens is 6. The first-order valence-electron chi connectivity index (χ1n) is 9.77. The van der Waals surface area contributed by atoms with Crippen molar-refractivity contribution in [1.82, 2.24) is 30.4 Å². The van der Waals surface area contributed by atoms with Crippen LogP contribution in [0.3, 0.4) is 0 Å². The molecule has 2 aromatic carbocycles. The summed E-state index contributed by atoms with van der Waals surface area (Å²) >= 11 is 6.44. The molecular formula is C21H16BrN7O2S2. The highest BCUT2D eigenvalue weighted by molar-refractivity contribution is 9.10. The number of carbonyl (C=O) groups excluding carboxylic acids is 1. The highest BCUT2D eigenvalue weighted by atomic mass is 79.9. The van der Waals surface area contributed by atoms with Crippen LogP contribution >= 0.6 is 39.0 Å². The molecule has 166 valence electrons. The average molecular weight is 542 g/mol. The molecule has 0 spiro atoms. The van der Waals surface area contributed by atoms with Crippen LogP contribution in [0.15, 0.2) is 74.7 Å². The van der Waals surface area contributed by atoms with E-state index >= 15 is 0 Å². The monoisotopic (exact) mass is 541 g/mol. The second kappa shape index (κ2) is 9.41. The Morgan fingerprint density at radius 1 is 1.15 bits per heavy atom. The Morgan fingerprint density at radius 2 is 1.94 bits per heavy atom. The molecule has 2 aromatic heterocycles. The fourth-order valence-corrected chi connectivity index (χ4v) is 5.54. The molecule has 0 aliphatic carbocycles. The second-order valence-electron chi connectivity index (χ2n) is 6.94. The third-order valence-electron chi connectivity index (χ3n) is 4.96. The molecule has 9 nitrogen and oxygen atoms in total. The number of methoxy groups -OCH3 is 1. The van der Waals surface area contributed by atoms with Gasteiger partial charge in [0.05, 0.1) is 12.7 Å². The van der Waals surface area contributed by atoms with Gasteiger partial charge in [0.1, 0.15) is 11.0 Å². The van der Waals surface area contributed by atoms with E-state index in [0.29, 0.717) is 23.0 Å². The van der Waals surface area contributed by atoms with E-state index in [9.17, 15) is 4.79 Å². The summed E-state index contributed by atoms with van der Waals surface area (Å²) in [5, 5.41) is 24.6. The summed E-state index contributed by atoms with van der Waals surface area (Å²) in [6.45, 7) is 0. The van der Waals surface area contributed by atoms with Crippen LogP contribution in [0.2, 0.25) is 0 Å². The van der Waals surface area contributed by atoms with Crippen LogP contribution in [0.1, 0.15) is 11.6 Å². The number of nitrogens with zero attached hydrogens (tertiary/aromatic N) is 6. The molecule has 1 unspecified atom stereocenters. The van der Waals surface area contributed by atoms with Gasteiger partial charge in [0, 0.05) is 21.5 Å². The predicted octanol–water partition coefficient (Wildman–Crippen LogP) is 4.19. The average Bonchev–Trinajstić information content (AvgIpc) is 3.52. The first kappa shape index (κ1) is 21.7. The van der Waals surface area contributed by atoms with Gasteiger partial charge in [-0.1, -0.05) is 86.6 Å². The standard InChI is InChI=1S/C21H16BrN7O2S2/c1-31-19(30)16-15(11-32-21-26-24-18(33-21)13-5-3-2-4-6-13)23-20-25-27-28-29(20)17(16)12-7-9-14(22)10-8-12/h2-10,17H,11H2,1H3,(H,23,25,28). The first-order chi connectivity index (χ1) is 16.1. The Bertz CT molecular complexity index is 1320.